The molecule has 2 heterocycles. The molecule has 0 aromatic heterocycles. The van der Waals surface area contributed by atoms with Crippen LogP contribution >= 0.6 is 0 Å². The molecule has 0 spiro atoms. The summed E-state index contributed by atoms with van der Waals surface area (Å²) in [5, 5.41) is 10.6. The van der Waals surface area contributed by atoms with Crippen LogP contribution in [-0.2, 0) is 9.47 Å². The Morgan fingerprint density at radius 3 is 2.59 bits per heavy atom. The number of benzene rings is 1. The molecule has 1 aromatic rings. The summed E-state index contributed by atoms with van der Waals surface area (Å²) in [5.74, 6) is 0. The van der Waals surface area contributed by atoms with E-state index in [4.69, 9.17) is 9.47 Å². The number of non-ortho nitro benzene ring substituents is 1. The van der Waals surface area contributed by atoms with Gasteiger partial charge in [-0.1, -0.05) is 0 Å². The minimum absolute atomic E-state index is 0.0158. The SMILES string of the molecule is O=[N+]([O-])c1ccc([C@@H]2C[C@@H]3C[C@@H](CO3)O2)cc1. The maximum atomic E-state index is 10.6. The van der Waals surface area contributed by atoms with Gasteiger partial charge in [0.1, 0.15) is 0 Å². The van der Waals surface area contributed by atoms with Crippen molar-refractivity contribution in [3.63, 3.8) is 0 Å². The fourth-order valence-electron chi connectivity index (χ4n) is 2.48. The van der Waals surface area contributed by atoms with Crippen LogP contribution in [-0.4, -0.2) is 23.7 Å². The van der Waals surface area contributed by atoms with Gasteiger partial charge in [0.05, 0.1) is 29.8 Å². The number of hydrogen-bond donors (Lipinski definition) is 0. The van der Waals surface area contributed by atoms with Crippen LogP contribution in [0.1, 0.15) is 24.5 Å². The first-order chi connectivity index (χ1) is 8.22. The standard InChI is InChI=1S/C12H13NO4/c14-13(15)9-3-1-8(2-4-9)12-6-10-5-11(17-12)7-16-10/h1-4,10-12H,5-7H2/t10-,11-,12-/m0/s1. The Balaban J connectivity index is 1.78. The van der Waals surface area contributed by atoms with Crippen molar-refractivity contribution in [3.8, 4) is 0 Å². The van der Waals surface area contributed by atoms with E-state index in [9.17, 15) is 10.1 Å². The van der Waals surface area contributed by atoms with Crippen molar-refractivity contribution >= 4 is 5.69 Å². The van der Waals surface area contributed by atoms with Gasteiger partial charge in [-0.2, -0.15) is 0 Å². The second kappa shape index (κ2) is 4.09. The maximum absolute atomic E-state index is 10.6. The Bertz CT molecular complexity index is 419. The predicted molar refractivity (Wildman–Crippen MR) is 59.7 cm³/mol. The molecular formula is C12H13NO4. The Labute approximate surface area is 98.5 Å². The maximum Gasteiger partial charge on any atom is 0.269 e. The second-order valence-corrected chi connectivity index (χ2v) is 4.52. The van der Waals surface area contributed by atoms with Gasteiger partial charge >= 0.3 is 0 Å². The molecule has 3 rings (SSSR count). The molecule has 2 fully saturated rings. The fraction of sp³-hybridized carbons (Fsp3) is 0.500. The normalized spacial score (nSPS) is 31.4. The lowest BCUT2D eigenvalue weighted by atomic mass is 9.98. The van der Waals surface area contributed by atoms with Crippen LogP contribution in [0.3, 0.4) is 0 Å². The zero-order valence-corrected chi connectivity index (χ0v) is 9.24. The van der Waals surface area contributed by atoms with Crippen LogP contribution in [0.2, 0.25) is 0 Å². The van der Waals surface area contributed by atoms with Gasteiger partial charge in [0.15, 0.2) is 0 Å². The Morgan fingerprint density at radius 1 is 1.18 bits per heavy atom. The summed E-state index contributed by atoms with van der Waals surface area (Å²) in [7, 11) is 0. The molecule has 5 heteroatoms. The topological polar surface area (TPSA) is 61.6 Å². The first-order valence-corrected chi connectivity index (χ1v) is 5.74. The van der Waals surface area contributed by atoms with Crippen molar-refractivity contribution in [1.29, 1.82) is 0 Å². The second-order valence-electron chi connectivity index (χ2n) is 4.52. The molecule has 0 N–H and O–H groups in total. The molecular weight excluding hydrogens is 222 g/mol. The van der Waals surface area contributed by atoms with Gasteiger partial charge in [-0.15, -0.1) is 0 Å². The van der Waals surface area contributed by atoms with E-state index in [0.717, 1.165) is 18.4 Å². The van der Waals surface area contributed by atoms with Gasteiger partial charge < -0.3 is 9.47 Å². The monoisotopic (exact) mass is 235 g/mol. The summed E-state index contributed by atoms with van der Waals surface area (Å²) in [6.07, 6.45) is 2.31. The van der Waals surface area contributed by atoms with Crippen molar-refractivity contribution in [2.24, 2.45) is 0 Å². The van der Waals surface area contributed by atoms with Crippen LogP contribution in [0.15, 0.2) is 24.3 Å². The molecule has 17 heavy (non-hydrogen) atoms. The number of nitro groups is 1. The average molecular weight is 235 g/mol. The average Bonchev–Trinajstić information content (AvgIpc) is 2.68. The largest absolute Gasteiger partial charge is 0.375 e. The van der Waals surface area contributed by atoms with Crippen LogP contribution in [0.5, 0.6) is 0 Å². The molecule has 0 radical (unpaired) electrons. The Kier molecular flexibility index (Phi) is 2.57. The summed E-state index contributed by atoms with van der Waals surface area (Å²) >= 11 is 0. The highest BCUT2D eigenvalue weighted by Crippen LogP contribution is 2.37. The Hall–Kier alpha value is -1.46. The minimum atomic E-state index is -0.391. The molecule has 0 amide bonds. The fourth-order valence-corrected chi connectivity index (χ4v) is 2.48. The predicted octanol–water partition coefficient (Wildman–Crippen LogP) is 2.21. The van der Waals surface area contributed by atoms with E-state index in [-0.39, 0.29) is 24.0 Å². The highest BCUT2D eigenvalue weighted by Gasteiger charge is 2.36. The molecule has 5 nitrogen and oxygen atoms in total. The van der Waals surface area contributed by atoms with Gasteiger partial charge in [-0.3, -0.25) is 10.1 Å². The number of hydrogen-bond acceptors (Lipinski definition) is 4. The smallest absolute Gasteiger partial charge is 0.269 e. The number of nitrogens with zero attached hydrogens (tertiary/aromatic N) is 1. The lowest BCUT2D eigenvalue weighted by Gasteiger charge is -2.27. The van der Waals surface area contributed by atoms with E-state index < -0.39 is 4.92 Å². The van der Waals surface area contributed by atoms with E-state index in [1.165, 1.54) is 12.1 Å². The van der Waals surface area contributed by atoms with E-state index in [1.54, 1.807) is 12.1 Å². The third kappa shape index (κ3) is 2.03. The number of nitro benzene ring substituents is 1. The summed E-state index contributed by atoms with van der Waals surface area (Å²) in [6, 6.07) is 6.59. The molecule has 0 unspecified atom stereocenters. The van der Waals surface area contributed by atoms with Crippen molar-refractivity contribution in [3.05, 3.63) is 39.9 Å². The van der Waals surface area contributed by atoms with Crippen molar-refractivity contribution in [2.45, 2.75) is 31.2 Å². The van der Waals surface area contributed by atoms with Crippen LogP contribution in [0.4, 0.5) is 5.69 Å². The molecule has 2 aliphatic heterocycles. The number of rotatable bonds is 2. The van der Waals surface area contributed by atoms with Crippen LogP contribution < -0.4 is 0 Å². The quantitative estimate of drug-likeness (QED) is 0.582. The molecule has 3 atom stereocenters. The summed E-state index contributed by atoms with van der Waals surface area (Å²) in [5.41, 5.74) is 1.11. The van der Waals surface area contributed by atoms with Gasteiger partial charge in [0.2, 0.25) is 0 Å². The summed E-state index contributed by atoms with van der Waals surface area (Å²) < 4.78 is 11.4. The van der Waals surface area contributed by atoms with E-state index in [0.29, 0.717) is 6.61 Å². The van der Waals surface area contributed by atoms with Gasteiger partial charge in [-0.25, -0.2) is 0 Å². The van der Waals surface area contributed by atoms with Gasteiger partial charge in [0.25, 0.3) is 5.69 Å². The number of fused-ring (bicyclic) bond motifs is 2. The van der Waals surface area contributed by atoms with Crippen LogP contribution in [0, 0.1) is 10.1 Å². The van der Waals surface area contributed by atoms with E-state index in [2.05, 4.69) is 0 Å². The van der Waals surface area contributed by atoms with Crippen molar-refractivity contribution < 1.29 is 14.4 Å². The zero-order valence-electron chi connectivity index (χ0n) is 9.24. The third-order valence-electron chi connectivity index (χ3n) is 3.35. The molecule has 0 saturated carbocycles. The summed E-state index contributed by atoms with van der Waals surface area (Å²) in [6.45, 7) is 0.675. The molecule has 2 saturated heterocycles. The number of ether oxygens (including phenoxy) is 2. The lowest BCUT2D eigenvalue weighted by Crippen LogP contribution is -2.24. The van der Waals surface area contributed by atoms with Gasteiger partial charge in [-0.05, 0) is 17.7 Å². The molecule has 0 aliphatic carbocycles. The van der Waals surface area contributed by atoms with Crippen molar-refractivity contribution in [2.75, 3.05) is 6.61 Å². The Morgan fingerprint density at radius 2 is 1.94 bits per heavy atom. The van der Waals surface area contributed by atoms with Crippen molar-refractivity contribution in [1.82, 2.24) is 0 Å². The third-order valence-corrected chi connectivity index (χ3v) is 3.35. The first kappa shape index (κ1) is 10.7. The molecule has 2 bridgehead atoms. The van der Waals surface area contributed by atoms with E-state index in [1.807, 2.05) is 0 Å². The summed E-state index contributed by atoms with van der Waals surface area (Å²) in [4.78, 5) is 10.2. The zero-order chi connectivity index (χ0) is 11.8. The van der Waals surface area contributed by atoms with E-state index >= 15 is 0 Å². The minimum Gasteiger partial charge on any atom is -0.375 e. The highest BCUT2D eigenvalue weighted by molar-refractivity contribution is 5.34. The first-order valence-electron chi connectivity index (χ1n) is 5.74. The highest BCUT2D eigenvalue weighted by atomic mass is 16.6. The molecule has 2 aliphatic rings. The molecule has 90 valence electrons. The lowest BCUT2D eigenvalue weighted by molar-refractivity contribution is -0.384. The molecule has 1 aromatic carbocycles. The van der Waals surface area contributed by atoms with Gasteiger partial charge in [0, 0.05) is 25.0 Å². The van der Waals surface area contributed by atoms with Crippen LogP contribution in [0.25, 0.3) is 0 Å².